The molecule has 20 heavy (non-hydrogen) atoms. The third kappa shape index (κ3) is 3.74. The van der Waals surface area contributed by atoms with Crippen LogP contribution in [0.5, 0.6) is 0 Å². The van der Waals surface area contributed by atoms with E-state index in [4.69, 9.17) is 0 Å². The SMILES string of the molecule is CCCNC(C)c1ccc(N2CCC(CO)C2)c(Br)c1. The van der Waals surface area contributed by atoms with Crippen molar-refractivity contribution >= 4 is 21.6 Å². The predicted molar refractivity (Wildman–Crippen MR) is 88.3 cm³/mol. The van der Waals surface area contributed by atoms with E-state index in [2.05, 4.69) is 58.2 Å². The largest absolute Gasteiger partial charge is 0.396 e. The molecule has 0 radical (unpaired) electrons. The van der Waals surface area contributed by atoms with E-state index in [0.717, 1.165) is 36.9 Å². The van der Waals surface area contributed by atoms with Crippen LogP contribution < -0.4 is 10.2 Å². The molecule has 0 amide bonds. The van der Waals surface area contributed by atoms with E-state index in [9.17, 15) is 5.11 Å². The lowest BCUT2D eigenvalue weighted by atomic mass is 10.1. The van der Waals surface area contributed by atoms with E-state index in [1.165, 1.54) is 11.3 Å². The smallest absolute Gasteiger partial charge is 0.0510 e. The molecule has 0 bridgehead atoms. The predicted octanol–water partition coefficient (Wildman–Crippen LogP) is 3.33. The highest BCUT2D eigenvalue weighted by atomic mass is 79.9. The van der Waals surface area contributed by atoms with Gasteiger partial charge in [-0.05, 0) is 59.9 Å². The number of hydrogen-bond donors (Lipinski definition) is 2. The van der Waals surface area contributed by atoms with Crippen LogP contribution in [0.25, 0.3) is 0 Å². The Morgan fingerprint density at radius 2 is 2.30 bits per heavy atom. The quantitative estimate of drug-likeness (QED) is 0.833. The fourth-order valence-corrected chi connectivity index (χ4v) is 3.38. The van der Waals surface area contributed by atoms with Gasteiger partial charge in [-0.2, -0.15) is 0 Å². The number of nitrogens with zero attached hydrogens (tertiary/aromatic N) is 1. The molecule has 0 aromatic heterocycles. The fourth-order valence-electron chi connectivity index (χ4n) is 2.73. The molecule has 2 N–H and O–H groups in total. The van der Waals surface area contributed by atoms with Gasteiger partial charge < -0.3 is 15.3 Å². The lowest BCUT2D eigenvalue weighted by Gasteiger charge is -2.22. The number of aliphatic hydroxyl groups is 1. The number of nitrogens with one attached hydrogen (secondary N) is 1. The molecule has 0 aliphatic carbocycles. The summed E-state index contributed by atoms with van der Waals surface area (Å²) in [6, 6.07) is 7.00. The topological polar surface area (TPSA) is 35.5 Å². The summed E-state index contributed by atoms with van der Waals surface area (Å²) in [5.74, 6) is 0.423. The maximum atomic E-state index is 9.25. The minimum atomic E-state index is 0.296. The van der Waals surface area contributed by atoms with Gasteiger partial charge in [-0.15, -0.1) is 0 Å². The Labute approximate surface area is 130 Å². The van der Waals surface area contributed by atoms with Crippen LogP contribution in [-0.4, -0.2) is 31.3 Å². The third-order valence-corrected chi connectivity index (χ3v) is 4.69. The molecule has 1 aromatic rings. The number of anilines is 1. The first-order valence-electron chi connectivity index (χ1n) is 7.54. The second kappa shape index (κ2) is 7.43. The summed E-state index contributed by atoms with van der Waals surface area (Å²) in [5, 5.41) is 12.8. The summed E-state index contributed by atoms with van der Waals surface area (Å²) in [7, 11) is 0. The number of hydrogen-bond acceptors (Lipinski definition) is 3. The first-order chi connectivity index (χ1) is 9.65. The van der Waals surface area contributed by atoms with E-state index in [0.29, 0.717) is 18.6 Å². The summed E-state index contributed by atoms with van der Waals surface area (Å²) >= 11 is 3.70. The minimum Gasteiger partial charge on any atom is -0.396 e. The molecule has 1 aliphatic rings. The maximum Gasteiger partial charge on any atom is 0.0510 e. The molecule has 0 spiro atoms. The van der Waals surface area contributed by atoms with Crippen molar-refractivity contribution in [2.24, 2.45) is 5.92 Å². The zero-order chi connectivity index (χ0) is 14.5. The van der Waals surface area contributed by atoms with Crippen LogP contribution >= 0.6 is 15.9 Å². The van der Waals surface area contributed by atoms with Gasteiger partial charge in [0.05, 0.1) is 5.69 Å². The van der Waals surface area contributed by atoms with Crippen LogP contribution in [0.4, 0.5) is 5.69 Å². The van der Waals surface area contributed by atoms with Crippen molar-refractivity contribution in [3.63, 3.8) is 0 Å². The molecule has 112 valence electrons. The molecule has 0 saturated carbocycles. The van der Waals surface area contributed by atoms with E-state index in [1.807, 2.05) is 0 Å². The van der Waals surface area contributed by atoms with Crippen molar-refractivity contribution in [3.8, 4) is 0 Å². The van der Waals surface area contributed by atoms with Gasteiger partial charge in [0.2, 0.25) is 0 Å². The minimum absolute atomic E-state index is 0.296. The van der Waals surface area contributed by atoms with Gasteiger partial charge >= 0.3 is 0 Å². The summed E-state index contributed by atoms with van der Waals surface area (Å²) in [6.07, 6.45) is 2.24. The van der Waals surface area contributed by atoms with Gasteiger partial charge in [0.1, 0.15) is 0 Å². The molecular weight excluding hydrogens is 316 g/mol. The summed E-state index contributed by atoms with van der Waals surface area (Å²) in [4.78, 5) is 2.36. The molecule has 3 nitrogen and oxygen atoms in total. The van der Waals surface area contributed by atoms with Gasteiger partial charge in [0.25, 0.3) is 0 Å². The van der Waals surface area contributed by atoms with Crippen molar-refractivity contribution in [3.05, 3.63) is 28.2 Å². The van der Waals surface area contributed by atoms with Crippen LogP contribution in [0, 0.1) is 5.92 Å². The van der Waals surface area contributed by atoms with E-state index in [-0.39, 0.29) is 0 Å². The first-order valence-corrected chi connectivity index (χ1v) is 8.33. The van der Waals surface area contributed by atoms with Crippen molar-refractivity contribution in [1.29, 1.82) is 0 Å². The number of halogens is 1. The summed E-state index contributed by atoms with van der Waals surface area (Å²) in [5.41, 5.74) is 2.55. The molecular formula is C16H25BrN2O. The number of benzene rings is 1. The molecule has 2 atom stereocenters. The Balaban J connectivity index is 2.06. The Bertz CT molecular complexity index is 438. The van der Waals surface area contributed by atoms with Crippen LogP contribution in [0.3, 0.4) is 0 Å². The molecule has 1 heterocycles. The van der Waals surface area contributed by atoms with Crippen LogP contribution in [-0.2, 0) is 0 Å². The van der Waals surface area contributed by atoms with Crippen molar-refractivity contribution < 1.29 is 5.11 Å². The number of rotatable bonds is 6. The van der Waals surface area contributed by atoms with Crippen molar-refractivity contribution in [2.75, 3.05) is 31.1 Å². The van der Waals surface area contributed by atoms with Crippen LogP contribution in [0.1, 0.15) is 38.3 Å². The van der Waals surface area contributed by atoms with Crippen LogP contribution in [0.2, 0.25) is 0 Å². The zero-order valence-corrected chi connectivity index (χ0v) is 14.0. The van der Waals surface area contributed by atoms with Gasteiger partial charge in [-0.25, -0.2) is 0 Å². The van der Waals surface area contributed by atoms with Gasteiger partial charge in [0.15, 0.2) is 0 Å². The number of aliphatic hydroxyl groups excluding tert-OH is 1. The van der Waals surface area contributed by atoms with Gasteiger partial charge in [-0.1, -0.05) is 13.0 Å². The molecule has 2 rings (SSSR count). The second-order valence-corrected chi connectivity index (χ2v) is 6.52. The Morgan fingerprint density at radius 3 is 2.90 bits per heavy atom. The molecule has 1 aromatic carbocycles. The molecule has 4 heteroatoms. The zero-order valence-electron chi connectivity index (χ0n) is 12.4. The third-order valence-electron chi connectivity index (χ3n) is 4.06. The highest BCUT2D eigenvalue weighted by Crippen LogP contribution is 2.32. The van der Waals surface area contributed by atoms with Gasteiger partial charge in [0, 0.05) is 36.1 Å². The maximum absolute atomic E-state index is 9.25. The average Bonchev–Trinajstić information content (AvgIpc) is 2.93. The van der Waals surface area contributed by atoms with E-state index >= 15 is 0 Å². The Hall–Kier alpha value is -0.580. The summed E-state index contributed by atoms with van der Waals surface area (Å²) in [6.45, 7) is 7.72. The first kappa shape index (κ1) is 15.8. The monoisotopic (exact) mass is 340 g/mol. The molecule has 1 aliphatic heterocycles. The fraction of sp³-hybridized carbons (Fsp3) is 0.625. The van der Waals surface area contributed by atoms with Gasteiger partial charge in [-0.3, -0.25) is 0 Å². The second-order valence-electron chi connectivity index (χ2n) is 5.67. The Kier molecular flexibility index (Phi) is 5.87. The van der Waals surface area contributed by atoms with E-state index in [1.54, 1.807) is 0 Å². The Morgan fingerprint density at radius 1 is 1.50 bits per heavy atom. The molecule has 2 unspecified atom stereocenters. The van der Waals surface area contributed by atoms with Crippen molar-refractivity contribution in [1.82, 2.24) is 5.32 Å². The molecule has 1 fully saturated rings. The lowest BCUT2D eigenvalue weighted by Crippen LogP contribution is -2.22. The summed E-state index contributed by atoms with van der Waals surface area (Å²) < 4.78 is 1.15. The average molecular weight is 341 g/mol. The standard InChI is InChI=1S/C16H25BrN2O/c1-3-7-18-12(2)14-4-5-16(15(17)9-14)19-8-6-13(10-19)11-20/h4-5,9,12-13,18,20H,3,6-8,10-11H2,1-2H3. The highest BCUT2D eigenvalue weighted by molar-refractivity contribution is 9.10. The van der Waals surface area contributed by atoms with Crippen LogP contribution in [0.15, 0.2) is 22.7 Å². The van der Waals surface area contributed by atoms with E-state index < -0.39 is 0 Å². The highest BCUT2D eigenvalue weighted by Gasteiger charge is 2.23. The lowest BCUT2D eigenvalue weighted by molar-refractivity contribution is 0.238. The molecule has 1 saturated heterocycles. The van der Waals surface area contributed by atoms with Crippen molar-refractivity contribution in [2.45, 2.75) is 32.7 Å². The normalized spacial score (nSPS) is 20.4.